The number of amides is 1. The lowest BCUT2D eigenvalue weighted by atomic mass is 9.90. The molecule has 0 unspecified atom stereocenters. The van der Waals surface area contributed by atoms with E-state index >= 15 is 0 Å². The molecule has 8 nitrogen and oxygen atoms in total. The van der Waals surface area contributed by atoms with Crippen molar-refractivity contribution in [3.63, 3.8) is 0 Å². The molecule has 1 aliphatic rings. The highest BCUT2D eigenvalue weighted by Gasteiger charge is 2.30. The number of nitrogens with one attached hydrogen (secondary N) is 1. The van der Waals surface area contributed by atoms with Crippen LogP contribution in [-0.4, -0.2) is 36.5 Å². The first-order chi connectivity index (χ1) is 16.9. The van der Waals surface area contributed by atoms with Crippen molar-refractivity contribution in [1.29, 1.82) is 0 Å². The maximum Gasteiger partial charge on any atom is 0.280 e. The number of hydrogen-bond donors (Lipinski definition) is 2. The van der Waals surface area contributed by atoms with Gasteiger partial charge >= 0.3 is 0 Å². The molecule has 1 fully saturated rings. The fraction of sp³-hybridized carbons (Fsp3) is 0.400. The van der Waals surface area contributed by atoms with Gasteiger partial charge in [0.2, 0.25) is 0 Å². The zero-order chi connectivity index (χ0) is 24.5. The van der Waals surface area contributed by atoms with E-state index in [0.717, 1.165) is 53.9 Å². The minimum atomic E-state index is -0.215. The van der Waals surface area contributed by atoms with Crippen LogP contribution in [0.5, 0.6) is 0 Å². The summed E-state index contributed by atoms with van der Waals surface area (Å²) in [6.07, 6.45) is 8.76. The number of pyridine rings is 2. The van der Waals surface area contributed by atoms with Crippen LogP contribution in [0.4, 0.5) is 0 Å². The number of carbonyl (C=O) groups is 1. The van der Waals surface area contributed by atoms with Gasteiger partial charge in [0.25, 0.3) is 5.91 Å². The first-order valence-electron chi connectivity index (χ1n) is 11.9. The molecule has 0 saturated heterocycles. The van der Waals surface area contributed by atoms with E-state index in [-0.39, 0.29) is 30.0 Å². The number of fused-ring (bicyclic) bond motifs is 1. The van der Waals surface area contributed by atoms with Crippen LogP contribution in [-0.2, 0) is 0 Å². The molecule has 5 rings (SSSR count). The molecule has 0 aliphatic heterocycles. The predicted octanol–water partition coefficient (Wildman–Crippen LogP) is 5.17. The molecule has 1 saturated carbocycles. The minimum absolute atomic E-state index is 0.0293. The van der Waals surface area contributed by atoms with Gasteiger partial charge in [0.05, 0.1) is 35.3 Å². The number of aromatic nitrogens is 5. The highest BCUT2D eigenvalue weighted by atomic mass is 35.5. The molecule has 0 bridgehead atoms. The normalized spacial score (nSPS) is 19.2. The van der Waals surface area contributed by atoms with Gasteiger partial charge < -0.3 is 15.6 Å². The molecular formula is C25H28ClN7OS. The van der Waals surface area contributed by atoms with Gasteiger partial charge in [-0.1, -0.05) is 42.9 Å². The Labute approximate surface area is 213 Å². The second-order valence-corrected chi connectivity index (χ2v) is 11.0. The summed E-state index contributed by atoms with van der Waals surface area (Å²) >= 11 is 7.16. The molecule has 35 heavy (non-hydrogen) atoms. The Morgan fingerprint density at radius 1 is 1.20 bits per heavy atom. The summed E-state index contributed by atoms with van der Waals surface area (Å²) in [7, 11) is 0. The number of hydrogen-bond acceptors (Lipinski definition) is 7. The zero-order valence-electron chi connectivity index (χ0n) is 19.7. The van der Waals surface area contributed by atoms with Crippen LogP contribution >= 0.6 is 22.9 Å². The summed E-state index contributed by atoms with van der Waals surface area (Å²) in [5.41, 5.74) is 10.1. The van der Waals surface area contributed by atoms with Crippen LogP contribution in [0.3, 0.4) is 0 Å². The van der Waals surface area contributed by atoms with Crippen molar-refractivity contribution in [2.24, 2.45) is 11.7 Å². The lowest BCUT2D eigenvalue weighted by Gasteiger charge is -2.33. The number of thiazole rings is 1. The van der Waals surface area contributed by atoms with E-state index in [1.54, 1.807) is 12.4 Å². The monoisotopic (exact) mass is 509 g/mol. The summed E-state index contributed by atoms with van der Waals surface area (Å²) < 4.78 is 2.79. The van der Waals surface area contributed by atoms with E-state index in [9.17, 15) is 4.79 Å². The van der Waals surface area contributed by atoms with E-state index in [1.807, 2.05) is 18.2 Å². The lowest BCUT2D eigenvalue weighted by Crippen LogP contribution is -2.39. The average molecular weight is 510 g/mol. The first kappa shape index (κ1) is 23.8. The third kappa shape index (κ3) is 4.94. The molecular weight excluding hydrogens is 482 g/mol. The average Bonchev–Trinajstić information content (AvgIpc) is 3.47. The van der Waals surface area contributed by atoms with Gasteiger partial charge in [-0.2, -0.15) is 0 Å². The Kier molecular flexibility index (Phi) is 6.82. The first-order valence-corrected chi connectivity index (χ1v) is 13.1. The Hall–Kier alpha value is -2.88. The van der Waals surface area contributed by atoms with E-state index in [4.69, 9.17) is 22.3 Å². The predicted molar refractivity (Wildman–Crippen MR) is 138 cm³/mol. The summed E-state index contributed by atoms with van der Waals surface area (Å²) in [4.78, 5) is 30.8. The van der Waals surface area contributed by atoms with Gasteiger partial charge in [-0.3, -0.25) is 14.8 Å². The minimum Gasteiger partial charge on any atom is -0.347 e. The van der Waals surface area contributed by atoms with Crippen molar-refractivity contribution in [2.75, 3.05) is 0 Å². The topological polar surface area (TPSA) is 112 Å². The quantitative estimate of drug-likeness (QED) is 0.370. The van der Waals surface area contributed by atoms with Crippen LogP contribution in [0, 0.1) is 5.92 Å². The second kappa shape index (κ2) is 10.0. The Bertz CT molecular complexity index is 1340. The molecule has 3 N–H and O–H groups in total. The van der Waals surface area contributed by atoms with E-state index < -0.39 is 0 Å². The standard InChI is InChI=1S/C25H28ClN7OS/c1-14(2)22(27)23-32-19-12-29-18(17-8-3-4-9-28-17)11-20(19)33(23)16-7-5-6-15(10-16)31-24(34)25-30-13-21(26)35-25/h3-4,8-9,11-16,22H,5-7,10,27H2,1-2H3,(H,31,34)/t15-,16+,22-/m0/s1. The molecule has 1 amide bonds. The van der Waals surface area contributed by atoms with E-state index in [1.165, 1.54) is 17.5 Å². The number of carbonyl (C=O) groups excluding carboxylic acids is 1. The molecule has 4 heterocycles. The molecule has 0 spiro atoms. The summed E-state index contributed by atoms with van der Waals surface area (Å²) in [6.45, 7) is 4.21. The zero-order valence-corrected chi connectivity index (χ0v) is 21.3. The molecule has 182 valence electrons. The third-order valence-electron chi connectivity index (χ3n) is 6.57. The lowest BCUT2D eigenvalue weighted by molar-refractivity contribution is 0.0920. The fourth-order valence-electron chi connectivity index (χ4n) is 4.72. The Morgan fingerprint density at radius 3 is 2.77 bits per heavy atom. The maximum absolute atomic E-state index is 12.7. The molecule has 1 aliphatic carbocycles. The van der Waals surface area contributed by atoms with Crippen LogP contribution in [0.1, 0.15) is 67.2 Å². The Balaban J connectivity index is 1.50. The van der Waals surface area contributed by atoms with Gasteiger partial charge in [0.15, 0.2) is 5.01 Å². The van der Waals surface area contributed by atoms with Gasteiger partial charge in [-0.15, -0.1) is 0 Å². The molecule has 0 aromatic carbocycles. The van der Waals surface area contributed by atoms with E-state index in [0.29, 0.717) is 9.34 Å². The van der Waals surface area contributed by atoms with Gasteiger partial charge in [0.1, 0.15) is 15.7 Å². The van der Waals surface area contributed by atoms with Crippen molar-refractivity contribution < 1.29 is 4.79 Å². The summed E-state index contributed by atoms with van der Waals surface area (Å²) in [6, 6.07) is 7.82. The largest absolute Gasteiger partial charge is 0.347 e. The van der Waals surface area contributed by atoms with Crippen LogP contribution in [0.2, 0.25) is 4.34 Å². The number of rotatable bonds is 6. The van der Waals surface area contributed by atoms with Crippen LogP contribution < -0.4 is 11.1 Å². The molecule has 3 atom stereocenters. The molecule has 4 aromatic rings. The number of nitrogens with zero attached hydrogens (tertiary/aromatic N) is 5. The van der Waals surface area contributed by atoms with Gasteiger partial charge in [-0.05, 0) is 49.8 Å². The van der Waals surface area contributed by atoms with Crippen LogP contribution in [0.25, 0.3) is 22.4 Å². The third-order valence-corrected chi connectivity index (χ3v) is 7.68. The van der Waals surface area contributed by atoms with Crippen molar-refractivity contribution in [1.82, 2.24) is 29.8 Å². The van der Waals surface area contributed by atoms with Crippen LogP contribution in [0.15, 0.2) is 42.9 Å². The summed E-state index contributed by atoms with van der Waals surface area (Å²) in [5, 5.41) is 3.55. The second-order valence-electron chi connectivity index (χ2n) is 9.34. The fourth-order valence-corrected chi connectivity index (χ4v) is 5.54. The van der Waals surface area contributed by atoms with Crippen molar-refractivity contribution in [3.8, 4) is 11.4 Å². The SMILES string of the molecule is CC(C)[C@H](N)c1nc2cnc(-c3ccccn3)cc2n1[C@@H]1CCC[C@H](NC(=O)c2ncc(Cl)s2)C1. The van der Waals surface area contributed by atoms with Crippen molar-refractivity contribution >= 4 is 39.9 Å². The van der Waals surface area contributed by atoms with Gasteiger partial charge in [-0.25, -0.2) is 9.97 Å². The highest BCUT2D eigenvalue weighted by molar-refractivity contribution is 7.17. The van der Waals surface area contributed by atoms with Crippen molar-refractivity contribution in [3.05, 3.63) is 58.0 Å². The number of halogens is 1. The molecule has 4 aromatic heterocycles. The molecule has 0 radical (unpaired) electrons. The molecule has 10 heteroatoms. The summed E-state index contributed by atoms with van der Waals surface area (Å²) in [5.74, 6) is 0.907. The number of nitrogens with two attached hydrogens (primary N) is 1. The smallest absolute Gasteiger partial charge is 0.280 e. The highest BCUT2D eigenvalue weighted by Crippen LogP contribution is 2.36. The van der Waals surface area contributed by atoms with Gasteiger partial charge in [0, 0.05) is 18.3 Å². The maximum atomic E-state index is 12.7. The van der Waals surface area contributed by atoms with Crippen molar-refractivity contribution in [2.45, 2.75) is 57.7 Å². The Morgan fingerprint density at radius 2 is 2.06 bits per heavy atom. The van der Waals surface area contributed by atoms with E-state index in [2.05, 4.69) is 44.7 Å². The number of imidazole rings is 1.